The average Bonchev–Trinajstić information content (AvgIpc) is 2.95. The third-order valence-corrected chi connectivity index (χ3v) is 6.24. The van der Waals surface area contributed by atoms with E-state index in [1.54, 1.807) is 27.0 Å². The van der Waals surface area contributed by atoms with Gasteiger partial charge in [0.1, 0.15) is 13.2 Å². The quantitative estimate of drug-likeness (QED) is 0.0926. The molecule has 0 N–H and O–H groups in total. The van der Waals surface area contributed by atoms with Crippen LogP contribution in [-0.2, 0) is 23.8 Å². The topological polar surface area (TPSA) is 61.8 Å². The molecule has 0 fully saturated rings. The average molecular weight is 615 g/mol. The van der Waals surface area contributed by atoms with Gasteiger partial charge >= 0.3 is 11.9 Å². The molecule has 0 heterocycles. The predicted octanol–water partition coefficient (Wildman–Crippen LogP) is 11.1. The molecule has 0 aromatic heterocycles. The van der Waals surface area contributed by atoms with E-state index in [-0.39, 0.29) is 11.9 Å². The number of hydrogen-bond acceptors (Lipinski definition) is 5. The van der Waals surface area contributed by atoms with Crippen LogP contribution in [0.1, 0.15) is 128 Å². The fourth-order valence-corrected chi connectivity index (χ4v) is 3.17. The summed E-state index contributed by atoms with van der Waals surface area (Å²) in [5, 5.41) is 0. The van der Waals surface area contributed by atoms with Crippen LogP contribution in [0.5, 0.6) is 0 Å². The van der Waals surface area contributed by atoms with Gasteiger partial charge < -0.3 is 14.2 Å². The smallest absolute Gasteiger partial charge is 0.333 e. The summed E-state index contributed by atoms with van der Waals surface area (Å²) in [7, 11) is 1.72. The monoisotopic (exact) mass is 614 g/mol. The summed E-state index contributed by atoms with van der Waals surface area (Å²) >= 11 is 0. The second-order valence-corrected chi connectivity index (χ2v) is 11.7. The summed E-state index contributed by atoms with van der Waals surface area (Å²) in [4.78, 5) is 22.2. The molecule has 0 atom stereocenters. The Bertz CT molecular complexity index is 988. The molecule has 0 saturated carbocycles. The Morgan fingerprint density at radius 3 is 1.23 bits per heavy atom. The maximum Gasteiger partial charge on any atom is 0.333 e. The van der Waals surface area contributed by atoms with E-state index in [4.69, 9.17) is 14.2 Å². The zero-order valence-electron chi connectivity index (χ0n) is 30.7. The highest BCUT2D eigenvalue weighted by Crippen LogP contribution is 2.08. The third kappa shape index (κ3) is 37.1. The van der Waals surface area contributed by atoms with Gasteiger partial charge in [0.25, 0.3) is 0 Å². The highest BCUT2D eigenvalue weighted by molar-refractivity contribution is 5.87. The standard InChI is InChI=1S/C15H24O2.C13H22O2.C11H20O/c1-6-14(5)15(16)17-11-10-13(4)9-7-8-12(2)3;1-5-13(14)15-10-9-12(4)8-6-7-11(2)3;1-10(2)6-5-7-11(3)8-9-12-4/h6,8,10H,7,9,11H2,1-5H3;7,9H,5-6,8,10H2,1-4H3;6,8H,5,7,9H2,1-4H3/b13-10+,14-6+;12-9+;11-8+. The van der Waals surface area contributed by atoms with Gasteiger partial charge in [0.05, 0.1) is 6.61 Å². The molecule has 0 aliphatic heterocycles. The molecule has 5 nitrogen and oxygen atoms in total. The third-order valence-electron chi connectivity index (χ3n) is 6.24. The van der Waals surface area contributed by atoms with E-state index in [1.165, 1.54) is 33.4 Å². The first-order chi connectivity index (χ1) is 20.7. The summed E-state index contributed by atoms with van der Waals surface area (Å²) in [6, 6.07) is 0. The lowest BCUT2D eigenvalue weighted by molar-refractivity contribution is -0.142. The molecule has 0 aliphatic rings. The molecule has 0 unspecified atom stereocenters. The molecule has 44 heavy (non-hydrogen) atoms. The van der Waals surface area contributed by atoms with Crippen molar-refractivity contribution in [2.24, 2.45) is 0 Å². The number of esters is 2. The fourth-order valence-electron chi connectivity index (χ4n) is 3.17. The summed E-state index contributed by atoms with van der Waals surface area (Å²) < 4.78 is 15.0. The second kappa shape index (κ2) is 31.5. The van der Waals surface area contributed by atoms with Gasteiger partial charge in [-0.25, -0.2) is 4.79 Å². The molecule has 0 aliphatic carbocycles. The van der Waals surface area contributed by atoms with Crippen LogP contribution in [0.3, 0.4) is 0 Å². The molecular formula is C39H66O5. The molecule has 0 radical (unpaired) electrons. The van der Waals surface area contributed by atoms with Crippen LogP contribution in [0.15, 0.2) is 81.5 Å². The first-order valence-electron chi connectivity index (χ1n) is 16.0. The first kappa shape index (κ1) is 45.5. The van der Waals surface area contributed by atoms with Crippen molar-refractivity contribution in [3.8, 4) is 0 Å². The van der Waals surface area contributed by atoms with Crippen molar-refractivity contribution in [3.05, 3.63) is 81.5 Å². The molecular weight excluding hydrogens is 548 g/mol. The molecule has 0 spiro atoms. The Morgan fingerprint density at radius 1 is 0.545 bits per heavy atom. The molecule has 0 aromatic rings. The molecule has 0 saturated heterocycles. The largest absolute Gasteiger partial charge is 0.461 e. The van der Waals surface area contributed by atoms with E-state index in [9.17, 15) is 9.59 Å². The van der Waals surface area contributed by atoms with Crippen molar-refractivity contribution in [2.75, 3.05) is 26.9 Å². The zero-order chi connectivity index (χ0) is 34.3. The minimum atomic E-state index is -0.235. The number of methoxy groups -OCH3 is 1. The molecule has 5 heteroatoms. The van der Waals surface area contributed by atoms with Crippen LogP contribution in [0.4, 0.5) is 0 Å². The van der Waals surface area contributed by atoms with Gasteiger partial charge in [-0.1, -0.05) is 70.7 Å². The minimum Gasteiger partial charge on any atom is -0.461 e. The highest BCUT2D eigenvalue weighted by atomic mass is 16.5. The van der Waals surface area contributed by atoms with Gasteiger partial charge in [0.15, 0.2) is 0 Å². The van der Waals surface area contributed by atoms with E-state index >= 15 is 0 Å². The van der Waals surface area contributed by atoms with Crippen LogP contribution in [-0.4, -0.2) is 38.9 Å². The van der Waals surface area contributed by atoms with Crippen LogP contribution in [0.25, 0.3) is 0 Å². The SMILES string of the molecule is C/C=C(\C)C(=O)OC/C=C(\C)CCC=C(C)C.CCC(=O)OC/C=C(\C)CCC=C(C)C.COC/C=C(\C)CCC=C(C)C. The van der Waals surface area contributed by atoms with E-state index in [1.807, 2.05) is 19.1 Å². The Morgan fingerprint density at radius 2 is 0.909 bits per heavy atom. The van der Waals surface area contributed by atoms with Gasteiger partial charge in [0, 0.05) is 19.1 Å². The zero-order valence-corrected chi connectivity index (χ0v) is 30.7. The molecule has 0 bridgehead atoms. The lowest BCUT2D eigenvalue weighted by Crippen LogP contribution is -2.05. The molecule has 252 valence electrons. The van der Waals surface area contributed by atoms with Crippen LogP contribution in [0, 0.1) is 0 Å². The normalized spacial score (nSPS) is 11.7. The van der Waals surface area contributed by atoms with Crippen molar-refractivity contribution in [1.29, 1.82) is 0 Å². The van der Waals surface area contributed by atoms with E-state index < -0.39 is 0 Å². The first-order valence-corrected chi connectivity index (χ1v) is 16.0. The Labute approximate surface area is 271 Å². The Balaban J connectivity index is -0.000000582. The number of ether oxygens (including phenoxy) is 3. The van der Waals surface area contributed by atoms with Gasteiger partial charge in [-0.3, -0.25) is 4.79 Å². The molecule has 0 rings (SSSR count). The summed E-state index contributed by atoms with van der Waals surface area (Å²) in [5.74, 6) is -0.371. The van der Waals surface area contributed by atoms with Crippen molar-refractivity contribution >= 4 is 11.9 Å². The number of rotatable bonds is 17. The van der Waals surface area contributed by atoms with Crippen LogP contribution >= 0.6 is 0 Å². The van der Waals surface area contributed by atoms with Gasteiger partial charge in [-0.05, 0) is 127 Å². The second-order valence-electron chi connectivity index (χ2n) is 11.7. The fraction of sp³-hybridized carbons (Fsp3) is 0.590. The van der Waals surface area contributed by atoms with E-state index in [2.05, 4.69) is 86.6 Å². The van der Waals surface area contributed by atoms with E-state index in [0.717, 1.165) is 45.1 Å². The van der Waals surface area contributed by atoms with Gasteiger partial charge in [-0.15, -0.1) is 0 Å². The number of carbonyl (C=O) groups is 2. The Kier molecular flexibility index (Phi) is 32.6. The summed E-state index contributed by atoms with van der Waals surface area (Å²) in [5.41, 5.74) is 8.68. The van der Waals surface area contributed by atoms with E-state index in [0.29, 0.717) is 25.2 Å². The van der Waals surface area contributed by atoms with Crippen LogP contribution < -0.4 is 0 Å². The summed E-state index contributed by atoms with van der Waals surface area (Å²) in [6.45, 7) is 25.8. The van der Waals surface area contributed by atoms with Gasteiger partial charge in [-0.2, -0.15) is 0 Å². The number of allylic oxidation sites excluding steroid dienone is 10. The summed E-state index contributed by atoms with van der Waals surface area (Å²) in [6.07, 6.45) is 21.5. The molecule has 0 amide bonds. The van der Waals surface area contributed by atoms with Crippen molar-refractivity contribution in [2.45, 2.75) is 128 Å². The van der Waals surface area contributed by atoms with Crippen molar-refractivity contribution in [3.63, 3.8) is 0 Å². The van der Waals surface area contributed by atoms with Crippen molar-refractivity contribution < 1.29 is 23.8 Å². The Hall–Kier alpha value is -2.92. The maximum absolute atomic E-state index is 11.3. The maximum atomic E-state index is 11.3. The highest BCUT2D eigenvalue weighted by Gasteiger charge is 2.02. The lowest BCUT2D eigenvalue weighted by atomic mass is 10.1. The van der Waals surface area contributed by atoms with Crippen molar-refractivity contribution in [1.82, 2.24) is 0 Å². The van der Waals surface area contributed by atoms with Gasteiger partial charge in [0.2, 0.25) is 0 Å². The lowest BCUT2D eigenvalue weighted by Gasteiger charge is -2.03. The number of hydrogen-bond donors (Lipinski definition) is 0. The molecule has 0 aromatic carbocycles. The predicted molar refractivity (Wildman–Crippen MR) is 191 cm³/mol. The number of carbonyl (C=O) groups excluding carboxylic acids is 2. The minimum absolute atomic E-state index is 0.136. The van der Waals surface area contributed by atoms with Crippen LogP contribution in [0.2, 0.25) is 0 Å².